The van der Waals surface area contributed by atoms with Gasteiger partial charge >= 0.3 is 0 Å². The monoisotopic (exact) mass is 418 g/mol. The zero-order valence-electron chi connectivity index (χ0n) is 17.0. The average Bonchev–Trinajstić information content (AvgIpc) is 2.71. The molecule has 9 heteroatoms. The molecule has 1 atom stereocenters. The van der Waals surface area contributed by atoms with E-state index in [0.717, 1.165) is 0 Å². The van der Waals surface area contributed by atoms with E-state index in [1.807, 2.05) is 0 Å². The molecule has 160 valence electrons. The number of methoxy groups -OCH3 is 2. The third-order valence-electron chi connectivity index (χ3n) is 4.67. The lowest BCUT2D eigenvalue weighted by atomic mass is 10.1. The summed E-state index contributed by atoms with van der Waals surface area (Å²) in [5, 5.41) is 10.8. The van der Waals surface area contributed by atoms with Crippen LogP contribution in [0.2, 0.25) is 0 Å². The Morgan fingerprint density at radius 2 is 1.83 bits per heavy atom. The van der Waals surface area contributed by atoms with Crippen molar-refractivity contribution >= 4 is 21.9 Å². The molecule has 0 amide bonds. The first-order valence-electron chi connectivity index (χ1n) is 9.20. The van der Waals surface area contributed by atoms with Gasteiger partial charge in [-0.3, -0.25) is 4.79 Å². The number of fused-ring (bicyclic) bond motifs is 4. The Morgan fingerprint density at radius 3 is 2.57 bits per heavy atom. The van der Waals surface area contributed by atoms with Gasteiger partial charge in [0, 0.05) is 26.4 Å². The zero-order chi connectivity index (χ0) is 21.5. The summed E-state index contributed by atoms with van der Waals surface area (Å²) in [4.78, 5) is 13.3. The van der Waals surface area contributed by atoms with Crippen molar-refractivity contribution in [3.8, 4) is 23.0 Å². The Morgan fingerprint density at radius 1 is 1.10 bits per heavy atom. The second-order valence-corrected chi connectivity index (χ2v) is 7.27. The second-order valence-electron chi connectivity index (χ2n) is 7.27. The minimum atomic E-state index is -1.24. The summed E-state index contributed by atoms with van der Waals surface area (Å²) in [7, 11) is 2.97. The van der Waals surface area contributed by atoms with E-state index in [1.54, 1.807) is 38.1 Å². The Kier molecular flexibility index (Phi) is 5.19. The maximum atomic E-state index is 13.3. The van der Waals surface area contributed by atoms with Crippen molar-refractivity contribution < 1.29 is 37.9 Å². The van der Waals surface area contributed by atoms with E-state index in [4.69, 9.17) is 32.8 Å². The molecule has 0 radical (unpaired) electrons. The molecule has 1 N–H and O–H groups in total. The third kappa shape index (κ3) is 3.41. The van der Waals surface area contributed by atoms with Crippen molar-refractivity contribution in [2.24, 2.45) is 0 Å². The molecule has 2 aromatic carbocycles. The topological polar surface area (TPSA) is 106 Å². The summed E-state index contributed by atoms with van der Waals surface area (Å²) in [6.45, 7) is 3.32. The van der Waals surface area contributed by atoms with E-state index >= 15 is 0 Å². The third-order valence-corrected chi connectivity index (χ3v) is 4.67. The number of aliphatic hydroxyl groups is 1. The minimum Gasteiger partial charge on any atom is -0.477 e. The fourth-order valence-corrected chi connectivity index (χ4v) is 3.17. The minimum absolute atomic E-state index is 0.000657. The summed E-state index contributed by atoms with van der Waals surface area (Å²) in [5.74, 6) is 1.14. The Labute approximate surface area is 171 Å². The van der Waals surface area contributed by atoms with Crippen molar-refractivity contribution in [1.82, 2.24) is 0 Å². The van der Waals surface area contributed by atoms with E-state index in [0.29, 0.717) is 11.5 Å². The highest BCUT2D eigenvalue weighted by Gasteiger charge is 2.39. The van der Waals surface area contributed by atoms with E-state index < -0.39 is 11.9 Å². The quantitative estimate of drug-likeness (QED) is 0.478. The first-order chi connectivity index (χ1) is 14.4. The Bertz CT molecular complexity index is 1150. The van der Waals surface area contributed by atoms with E-state index in [9.17, 15) is 9.90 Å². The molecule has 0 saturated heterocycles. The van der Waals surface area contributed by atoms with E-state index in [-0.39, 0.29) is 52.5 Å². The van der Waals surface area contributed by atoms with Gasteiger partial charge < -0.3 is 37.9 Å². The molecule has 1 aromatic heterocycles. The van der Waals surface area contributed by atoms with Gasteiger partial charge in [-0.25, -0.2) is 0 Å². The van der Waals surface area contributed by atoms with Crippen LogP contribution in [-0.2, 0) is 9.47 Å². The van der Waals surface area contributed by atoms with Gasteiger partial charge in [-0.05, 0) is 26.0 Å². The summed E-state index contributed by atoms with van der Waals surface area (Å²) >= 11 is 0. The van der Waals surface area contributed by atoms with E-state index in [1.165, 1.54) is 14.2 Å². The predicted molar refractivity (Wildman–Crippen MR) is 106 cm³/mol. The molecule has 4 rings (SSSR count). The molecule has 0 saturated carbocycles. The normalized spacial score (nSPS) is 17.3. The van der Waals surface area contributed by atoms with Crippen molar-refractivity contribution in [2.75, 3.05) is 27.8 Å². The van der Waals surface area contributed by atoms with Crippen LogP contribution in [0.4, 0.5) is 0 Å². The molecular formula is C21H22O9. The number of hydrogen-bond acceptors (Lipinski definition) is 9. The van der Waals surface area contributed by atoms with Gasteiger partial charge in [0.15, 0.2) is 30.5 Å². The van der Waals surface area contributed by atoms with Crippen LogP contribution in [0.3, 0.4) is 0 Å². The van der Waals surface area contributed by atoms with Gasteiger partial charge in [0.05, 0.1) is 5.39 Å². The van der Waals surface area contributed by atoms with Crippen LogP contribution < -0.4 is 24.4 Å². The van der Waals surface area contributed by atoms with Crippen molar-refractivity contribution in [3.63, 3.8) is 0 Å². The van der Waals surface area contributed by atoms with Crippen LogP contribution in [0, 0.1) is 0 Å². The number of hydrogen-bond donors (Lipinski definition) is 1. The number of rotatable bonds is 6. The van der Waals surface area contributed by atoms with Crippen molar-refractivity contribution in [2.45, 2.75) is 25.7 Å². The smallest absolute Gasteiger partial charge is 0.237 e. The molecule has 3 aromatic rings. The Hall–Kier alpha value is -3.01. The number of aliphatic hydroxyl groups excluding tert-OH is 1. The summed E-state index contributed by atoms with van der Waals surface area (Å²) in [5.41, 5.74) is -0.925. The lowest BCUT2D eigenvalue weighted by molar-refractivity contribution is -0.156. The first kappa shape index (κ1) is 20.3. The lowest BCUT2D eigenvalue weighted by Crippen LogP contribution is -2.48. The van der Waals surface area contributed by atoms with E-state index in [2.05, 4.69) is 0 Å². The zero-order valence-corrected chi connectivity index (χ0v) is 17.0. The van der Waals surface area contributed by atoms with Gasteiger partial charge in [0.25, 0.3) is 0 Å². The number of ether oxygens (including phenoxy) is 6. The molecule has 1 unspecified atom stereocenters. The molecule has 2 heterocycles. The molecular weight excluding hydrogens is 396 g/mol. The Balaban J connectivity index is 1.97. The second kappa shape index (κ2) is 7.67. The lowest BCUT2D eigenvalue weighted by Gasteiger charge is -2.36. The fourth-order valence-electron chi connectivity index (χ4n) is 3.17. The van der Waals surface area contributed by atoms with Gasteiger partial charge in [0.2, 0.25) is 17.5 Å². The summed E-state index contributed by atoms with van der Waals surface area (Å²) < 4.78 is 38.5. The van der Waals surface area contributed by atoms with Crippen LogP contribution in [0.5, 0.6) is 23.0 Å². The van der Waals surface area contributed by atoms with Gasteiger partial charge in [-0.15, -0.1) is 0 Å². The highest BCUT2D eigenvalue weighted by molar-refractivity contribution is 5.97. The summed E-state index contributed by atoms with van der Waals surface area (Å²) in [6.07, 6.45) is -1.24. The molecule has 0 bridgehead atoms. The van der Waals surface area contributed by atoms with Gasteiger partial charge in [-0.2, -0.15) is 0 Å². The fraction of sp³-hybridized carbons (Fsp3) is 0.381. The van der Waals surface area contributed by atoms with Crippen LogP contribution in [0.15, 0.2) is 33.5 Å². The van der Waals surface area contributed by atoms with Crippen LogP contribution in [-0.4, -0.2) is 44.8 Å². The van der Waals surface area contributed by atoms with Crippen molar-refractivity contribution in [1.29, 1.82) is 0 Å². The van der Waals surface area contributed by atoms with Crippen molar-refractivity contribution in [3.05, 3.63) is 34.5 Å². The number of benzene rings is 2. The van der Waals surface area contributed by atoms with Crippen LogP contribution in [0.1, 0.15) is 13.8 Å². The predicted octanol–water partition coefficient (Wildman–Crippen LogP) is 2.78. The molecule has 1 aliphatic rings. The van der Waals surface area contributed by atoms with Crippen LogP contribution in [0.25, 0.3) is 21.9 Å². The largest absolute Gasteiger partial charge is 0.477 e. The highest BCUT2D eigenvalue weighted by Crippen LogP contribution is 2.43. The maximum Gasteiger partial charge on any atom is 0.237 e. The molecule has 1 aliphatic heterocycles. The average molecular weight is 418 g/mol. The van der Waals surface area contributed by atoms with Crippen LogP contribution >= 0.6 is 0 Å². The molecule has 0 fully saturated rings. The van der Waals surface area contributed by atoms with Gasteiger partial charge in [0.1, 0.15) is 22.5 Å². The highest BCUT2D eigenvalue weighted by atomic mass is 16.7. The standard InChI is InChI=1S/C21H22O9/c1-21(2)20(23)29-19-13(30-21)6-5-12-17(22)16-14(27-10-25-4)7-11(26-9-24-3)8-15(16)28-18(12)19/h5-8,20,23H,9-10H2,1-4H3. The van der Waals surface area contributed by atoms with Gasteiger partial charge in [-0.1, -0.05) is 0 Å². The molecule has 0 spiro atoms. The molecule has 9 nitrogen and oxygen atoms in total. The first-order valence-corrected chi connectivity index (χ1v) is 9.20. The summed E-state index contributed by atoms with van der Waals surface area (Å²) in [6, 6.07) is 6.32. The molecule has 30 heavy (non-hydrogen) atoms. The maximum absolute atomic E-state index is 13.3. The molecule has 0 aliphatic carbocycles. The SMILES string of the molecule is COCOc1cc(OCOC)c2c(=O)c3ccc4c(c3oc2c1)OC(O)C(C)(C)O4.